The Hall–Kier alpha value is -1.65. The molecule has 18 heavy (non-hydrogen) atoms. The quantitative estimate of drug-likeness (QED) is 0.656. The van der Waals surface area contributed by atoms with Gasteiger partial charge >= 0.3 is 5.97 Å². The van der Waals surface area contributed by atoms with Gasteiger partial charge in [0, 0.05) is 11.6 Å². The number of rotatable bonds is 3. The molecule has 1 atom stereocenters. The van der Waals surface area contributed by atoms with Crippen molar-refractivity contribution >= 4 is 11.8 Å². The van der Waals surface area contributed by atoms with E-state index in [0.717, 1.165) is 11.4 Å². The van der Waals surface area contributed by atoms with E-state index in [2.05, 4.69) is 10.2 Å². The summed E-state index contributed by atoms with van der Waals surface area (Å²) in [5.41, 5.74) is 1.67. The summed E-state index contributed by atoms with van der Waals surface area (Å²) in [6.45, 7) is 7.16. The van der Waals surface area contributed by atoms with Gasteiger partial charge in [-0.15, -0.1) is 0 Å². The van der Waals surface area contributed by atoms with Crippen LogP contribution in [-0.2, 0) is 16.0 Å². The highest BCUT2D eigenvalue weighted by Gasteiger charge is 2.42. The Bertz CT molecular complexity index is 502. The SMILES string of the molecule is CC(=O)c1c(CC2CC(=O)OC2(C)C)n[nH]c1C. The highest BCUT2D eigenvalue weighted by molar-refractivity contribution is 5.96. The molecule has 1 aliphatic heterocycles. The van der Waals surface area contributed by atoms with Crippen LogP contribution in [0.3, 0.4) is 0 Å². The fraction of sp³-hybridized carbons (Fsp3) is 0.615. The number of ketones is 1. The number of hydrogen-bond donors (Lipinski definition) is 1. The van der Waals surface area contributed by atoms with Crippen LogP contribution >= 0.6 is 0 Å². The second-order valence-electron chi connectivity index (χ2n) is 5.41. The van der Waals surface area contributed by atoms with Crippen LogP contribution in [0, 0.1) is 12.8 Å². The molecule has 1 saturated heterocycles. The van der Waals surface area contributed by atoms with E-state index in [9.17, 15) is 9.59 Å². The van der Waals surface area contributed by atoms with E-state index >= 15 is 0 Å². The third-order valence-corrected chi connectivity index (χ3v) is 3.59. The highest BCUT2D eigenvalue weighted by Crippen LogP contribution is 2.35. The Balaban J connectivity index is 2.25. The molecule has 1 aromatic heterocycles. The van der Waals surface area contributed by atoms with Crippen molar-refractivity contribution in [2.24, 2.45) is 5.92 Å². The number of esters is 1. The van der Waals surface area contributed by atoms with E-state index in [0.29, 0.717) is 18.4 Å². The largest absolute Gasteiger partial charge is 0.459 e. The first-order valence-corrected chi connectivity index (χ1v) is 6.08. The molecule has 0 aromatic carbocycles. The van der Waals surface area contributed by atoms with Crippen LogP contribution in [0.15, 0.2) is 0 Å². The van der Waals surface area contributed by atoms with Gasteiger partial charge in [0.15, 0.2) is 5.78 Å². The molecule has 1 aliphatic rings. The number of H-pyrrole nitrogens is 1. The predicted octanol–water partition coefficient (Wildman–Crippen LogP) is 1.80. The summed E-state index contributed by atoms with van der Waals surface area (Å²) in [6.07, 6.45) is 0.967. The van der Waals surface area contributed by atoms with Gasteiger partial charge in [-0.3, -0.25) is 14.7 Å². The third kappa shape index (κ3) is 2.17. The maximum atomic E-state index is 11.6. The van der Waals surface area contributed by atoms with Crippen molar-refractivity contribution in [3.8, 4) is 0 Å². The monoisotopic (exact) mass is 250 g/mol. The molecule has 1 fully saturated rings. The van der Waals surface area contributed by atoms with E-state index in [-0.39, 0.29) is 17.7 Å². The molecule has 2 heterocycles. The fourth-order valence-electron chi connectivity index (χ4n) is 2.51. The van der Waals surface area contributed by atoms with Crippen molar-refractivity contribution in [1.82, 2.24) is 10.2 Å². The van der Waals surface area contributed by atoms with Gasteiger partial charge in [0.1, 0.15) is 5.60 Å². The lowest BCUT2D eigenvalue weighted by Gasteiger charge is -2.24. The predicted molar refractivity (Wildman–Crippen MR) is 65.3 cm³/mol. The van der Waals surface area contributed by atoms with Crippen LogP contribution < -0.4 is 0 Å². The zero-order valence-corrected chi connectivity index (χ0v) is 11.2. The molecule has 0 aliphatic carbocycles. The molecule has 1 N–H and O–H groups in total. The minimum atomic E-state index is -0.488. The molecule has 0 bridgehead atoms. The van der Waals surface area contributed by atoms with Gasteiger partial charge < -0.3 is 4.74 Å². The van der Waals surface area contributed by atoms with Gasteiger partial charge in [-0.25, -0.2) is 0 Å². The normalized spacial score (nSPS) is 22.0. The first-order chi connectivity index (χ1) is 8.31. The number of aromatic amines is 1. The Labute approximate surface area is 106 Å². The number of carbonyl (C=O) groups excluding carboxylic acids is 2. The Kier molecular flexibility index (Phi) is 3.00. The molecule has 5 heteroatoms. The van der Waals surface area contributed by atoms with Crippen LogP contribution in [-0.4, -0.2) is 27.6 Å². The van der Waals surface area contributed by atoms with Gasteiger partial charge in [0.2, 0.25) is 0 Å². The molecule has 0 radical (unpaired) electrons. The number of cyclic esters (lactones) is 1. The summed E-state index contributed by atoms with van der Waals surface area (Å²) in [5.74, 6) is -0.119. The van der Waals surface area contributed by atoms with Crippen molar-refractivity contribution in [1.29, 1.82) is 0 Å². The number of aryl methyl sites for hydroxylation is 1. The summed E-state index contributed by atoms with van der Waals surface area (Å²) in [7, 11) is 0. The third-order valence-electron chi connectivity index (χ3n) is 3.59. The zero-order valence-electron chi connectivity index (χ0n) is 11.2. The lowest BCUT2D eigenvalue weighted by Crippen LogP contribution is -2.29. The molecular weight excluding hydrogens is 232 g/mol. The highest BCUT2D eigenvalue weighted by atomic mass is 16.6. The molecule has 0 spiro atoms. The van der Waals surface area contributed by atoms with Gasteiger partial charge in [-0.1, -0.05) is 0 Å². The van der Waals surface area contributed by atoms with Crippen LogP contribution in [0.2, 0.25) is 0 Å². The van der Waals surface area contributed by atoms with Crippen LogP contribution in [0.4, 0.5) is 0 Å². The fourth-order valence-corrected chi connectivity index (χ4v) is 2.51. The second-order valence-corrected chi connectivity index (χ2v) is 5.41. The molecule has 1 aromatic rings. The number of nitrogens with one attached hydrogen (secondary N) is 1. The number of Topliss-reactive ketones (excluding diaryl/α,β-unsaturated/α-hetero) is 1. The zero-order chi connectivity index (χ0) is 13.5. The van der Waals surface area contributed by atoms with Crippen molar-refractivity contribution in [3.63, 3.8) is 0 Å². The average molecular weight is 250 g/mol. The minimum absolute atomic E-state index is 0.000650. The average Bonchev–Trinajstić information content (AvgIpc) is 2.68. The maximum Gasteiger partial charge on any atom is 0.306 e. The van der Waals surface area contributed by atoms with Gasteiger partial charge in [-0.05, 0) is 34.1 Å². The smallest absolute Gasteiger partial charge is 0.306 e. The topological polar surface area (TPSA) is 72.1 Å². The van der Waals surface area contributed by atoms with E-state index in [4.69, 9.17) is 4.74 Å². The van der Waals surface area contributed by atoms with Gasteiger partial charge in [-0.2, -0.15) is 5.10 Å². The van der Waals surface area contributed by atoms with E-state index in [1.165, 1.54) is 6.92 Å². The van der Waals surface area contributed by atoms with Crippen molar-refractivity contribution in [2.75, 3.05) is 0 Å². The van der Waals surface area contributed by atoms with Crippen molar-refractivity contribution in [2.45, 2.75) is 46.1 Å². The molecule has 1 unspecified atom stereocenters. The first-order valence-electron chi connectivity index (χ1n) is 6.08. The minimum Gasteiger partial charge on any atom is -0.459 e. The molecule has 0 amide bonds. The lowest BCUT2D eigenvalue weighted by atomic mass is 9.85. The second kappa shape index (κ2) is 4.23. The standard InChI is InChI=1S/C13H18N2O3/c1-7-12(8(2)16)10(15-14-7)5-9-6-11(17)18-13(9,3)4/h9H,5-6H2,1-4H3,(H,14,15). The van der Waals surface area contributed by atoms with Crippen molar-refractivity contribution < 1.29 is 14.3 Å². The van der Waals surface area contributed by atoms with E-state index in [1.807, 2.05) is 20.8 Å². The Morgan fingerprint density at radius 3 is 2.72 bits per heavy atom. The van der Waals surface area contributed by atoms with Crippen LogP contribution in [0.1, 0.15) is 48.9 Å². The van der Waals surface area contributed by atoms with E-state index in [1.54, 1.807) is 0 Å². The number of hydrogen-bond acceptors (Lipinski definition) is 4. The molecular formula is C13H18N2O3. The number of nitrogens with zero attached hydrogens (tertiary/aromatic N) is 1. The van der Waals surface area contributed by atoms with Crippen LogP contribution in [0.5, 0.6) is 0 Å². The van der Waals surface area contributed by atoms with Gasteiger partial charge in [0.05, 0.1) is 17.7 Å². The Morgan fingerprint density at radius 1 is 1.56 bits per heavy atom. The summed E-state index contributed by atoms with van der Waals surface area (Å²) in [5, 5.41) is 7.01. The molecule has 5 nitrogen and oxygen atoms in total. The number of aromatic nitrogens is 2. The molecule has 98 valence electrons. The maximum absolute atomic E-state index is 11.6. The Morgan fingerprint density at radius 2 is 2.22 bits per heavy atom. The lowest BCUT2D eigenvalue weighted by molar-refractivity contribution is -0.146. The summed E-state index contributed by atoms with van der Waals surface area (Å²) in [4.78, 5) is 23.0. The van der Waals surface area contributed by atoms with Crippen LogP contribution in [0.25, 0.3) is 0 Å². The summed E-state index contributed by atoms with van der Waals surface area (Å²) < 4.78 is 5.28. The molecule has 2 rings (SSSR count). The van der Waals surface area contributed by atoms with Gasteiger partial charge in [0.25, 0.3) is 0 Å². The summed E-state index contributed by atoms with van der Waals surface area (Å²) in [6, 6.07) is 0. The number of ether oxygens (including phenoxy) is 1. The summed E-state index contributed by atoms with van der Waals surface area (Å²) >= 11 is 0. The first kappa shape index (κ1) is 12.8. The van der Waals surface area contributed by atoms with E-state index < -0.39 is 5.60 Å². The van der Waals surface area contributed by atoms with Crippen molar-refractivity contribution in [3.05, 3.63) is 17.0 Å². The molecule has 0 saturated carbocycles. The number of carbonyl (C=O) groups is 2.